The van der Waals surface area contributed by atoms with Crippen molar-refractivity contribution in [3.63, 3.8) is 0 Å². The number of nitrogens with zero attached hydrogens (tertiary/aromatic N) is 1. The van der Waals surface area contributed by atoms with Crippen LogP contribution in [0.15, 0.2) is 42.5 Å². The lowest BCUT2D eigenvalue weighted by Gasteiger charge is -2.28. The van der Waals surface area contributed by atoms with E-state index in [-0.39, 0.29) is 0 Å². The first kappa shape index (κ1) is 21.9. The quantitative estimate of drug-likeness (QED) is 0.520. The molecule has 3 rings (SSSR count). The van der Waals surface area contributed by atoms with Crippen LogP contribution in [-0.4, -0.2) is 51.8 Å². The average molecular weight is 432 g/mol. The molecule has 2 amide bonds. The Kier molecular flexibility index (Phi) is 7.93. The number of nitrogens with one attached hydrogen (secondary N) is 2. The SMILES string of the molecule is COc1ccc(NC(=O)C(=O)NCCCc2ccc(N3CCOCC3)cc2)cc1Cl. The van der Waals surface area contributed by atoms with Gasteiger partial charge in [-0.05, 0) is 48.7 Å². The molecule has 8 heteroatoms. The van der Waals surface area contributed by atoms with E-state index in [0.29, 0.717) is 23.0 Å². The lowest BCUT2D eigenvalue weighted by atomic mass is 10.1. The Hall–Kier alpha value is -2.77. The molecule has 0 atom stereocenters. The summed E-state index contributed by atoms with van der Waals surface area (Å²) in [7, 11) is 1.51. The van der Waals surface area contributed by atoms with E-state index in [0.717, 1.165) is 39.1 Å². The van der Waals surface area contributed by atoms with Gasteiger partial charge in [-0.15, -0.1) is 0 Å². The van der Waals surface area contributed by atoms with Crippen LogP contribution < -0.4 is 20.3 Å². The van der Waals surface area contributed by atoms with Gasteiger partial charge in [0.2, 0.25) is 0 Å². The lowest BCUT2D eigenvalue weighted by molar-refractivity contribution is -0.136. The Morgan fingerprint density at radius 1 is 1.10 bits per heavy atom. The van der Waals surface area contributed by atoms with Gasteiger partial charge >= 0.3 is 11.8 Å². The normalized spacial score (nSPS) is 13.6. The number of hydrogen-bond acceptors (Lipinski definition) is 5. The molecule has 0 aliphatic carbocycles. The number of benzene rings is 2. The fourth-order valence-corrected chi connectivity index (χ4v) is 3.46. The second-order valence-electron chi connectivity index (χ2n) is 6.93. The van der Waals surface area contributed by atoms with Crippen LogP contribution in [0.1, 0.15) is 12.0 Å². The van der Waals surface area contributed by atoms with E-state index in [4.69, 9.17) is 21.1 Å². The van der Waals surface area contributed by atoms with Gasteiger partial charge < -0.3 is 25.0 Å². The summed E-state index contributed by atoms with van der Waals surface area (Å²) in [5.41, 5.74) is 2.82. The number of aryl methyl sites for hydroxylation is 1. The van der Waals surface area contributed by atoms with Gasteiger partial charge in [0.25, 0.3) is 0 Å². The molecular formula is C22H26ClN3O4. The summed E-state index contributed by atoms with van der Waals surface area (Å²) in [5, 5.41) is 5.52. The largest absolute Gasteiger partial charge is 0.495 e. The minimum Gasteiger partial charge on any atom is -0.495 e. The Balaban J connectivity index is 1.38. The van der Waals surface area contributed by atoms with Crippen LogP contribution in [0, 0.1) is 0 Å². The van der Waals surface area contributed by atoms with Crippen LogP contribution in [0.5, 0.6) is 5.75 Å². The topological polar surface area (TPSA) is 79.9 Å². The average Bonchev–Trinajstić information content (AvgIpc) is 2.77. The highest BCUT2D eigenvalue weighted by Gasteiger charge is 2.14. The molecular weight excluding hydrogens is 406 g/mol. The van der Waals surface area contributed by atoms with Gasteiger partial charge in [0.05, 0.1) is 25.3 Å². The number of anilines is 2. The van der Waals surface area contributed by atoms with Gasteiger partial charge in [-0.3, -0.25) is 9.59 Å². The summed E-state index contributed by atoms with van der Waals surface area (Å²) >= 11 is 6.02. The van der Waals surface area contributed by atoms with E-state index >= 15 is 0 Å². The molecule has 7 nitrogen and oxygen atoms in total. The number of rotatable bonds is 7. The molecule has 160 valence electrons. The molecule has 0 unspecified atom stereocenters. The van der Waals surface area contributed by atoms with Gasteiger partial charge in [0.15, 0.2) is 0 Å². The van der Waals surface area contributed by atoms with Crippen LogP contribution in [0.4, 0.5) is 11.4 Å². The fourth-order valence-electron chi connectivity index (χ4n) is 3.20. The maximum atomic E-state index is 12.0. The Morgan fingerprint density at radius 2 is 1.83 bits per heavy atom. The van der Waals surface area contributed by atoms with Crippen molar-refractivity contribution >= 4 is 34.8 Å². The standard InChI is InChI=1S/C22H26ClN3O4/c1-29-20-9-6-17(15-19(20)23)25-22(28)21(27)24-10-2-3-16-4-7-18(8-5-16)26-11-13-30-14-12-26/h4-9,15H,2-3,10-14H2,1H3,(H,24,27)(H,25,28). The molecule has 30 heavy (non-hydrogen) atoms. The Morgan fingerprint density at radius 3 is 2.50 bits per heavy atom. The highest BCUT2D eigenvalue weighted by Crippen LogP contribution is 2.27. The number of halogens is 1. The highest BCUT2D eigenvalue weighted by atomic mass is 35.5. The fraction of sp³-hybridized carbons (Fsp3) is 0.364. The van der Waals surface area contributed by atoms with Crippen molar-refractivity contribution < 1.29 is 19.1 Å². The Labute approximate surface area is 181 Å². The summed E-state index contributed by atoms with van der Waals surface area (Å²) in [6.45, 7) is 3.77. The van der Waals surface area contributed by atoms with Crippen LogP contribution in [0.3, 0.4) is 0 Å². The first-order valence-electron chi connectivity index (χ1n) is 9.91. The van der Waals surface area contributed by atoms with Crippen molar-refractivity contribution in [2.24, 2.45) is 0 Å². The molecule has 1 heterocycles. The lowest BCUT2D eigenvalue weighted by Crippen LogP contribution is -2.36. The Bertz CT molecular complexity index is 867. The first-order valence-corrected chi connectivity index (χ1v) is 10.3. The highest BCUT2D eigenvalue weighted by molar-refractivity contribution is 6.40. The molecule has 1 fully saturated rings. The smallest absolute Gasteiger partial charge is 0.313 e. The molecule has 1 saturated heterocycles. The van der Waals surface area contributed by atoms with Crippen LogP contribution in [-0.2, 0) is 20.7 Å². The van der Waals surface area contributed by atoms with E-state index in [1.54, 1.807) is 12.1 Å². The predicted molar refractivity (Wildman–Crippen MR) is 117 cm³/mol. The number of carbonyl (C=O) groups excluding carboxylic acids is 2. The summed E-state index contributed by atoms with van der Waals surface area (Å²) in [4.78, 5) is 26.3. The third-order valence-electron chi connectivity index (χ3n) is 4.86. The molecule has 0 aromatic heterocycles. The maximum Gasteiger partial charge on any atom is 0.313 e. The molecule has 1 aliphatic heterocycles. The third-order valence-corrected chi connectivity index (χ3v) is 5.15. The van der Waals surface area contributed by atoms with Crippen molar-refractivity contribution in [1.82, 2.24) is 5.32 Å². The van der Waals surface area contributed by atoms with Crippen LogP contribution in [0.25, 0.3) is 0 Å². The molecule has 0 radical (unpaired) electrons. The maximum absolute atomic E-state index is 12.0. The first-order chi connectivity index (χ1) is 14.6. The number of carbonyl (C=O) groups is 2. The van der Waals surface area contributed by atoms with Crippen molar-refractivity contribution in [2.45, 2.75) is 12.8 Å². The van der Waals surface area contributed by atoms with Gasteiger partial charge in [-0.1, -0.05) is 23.7 Å². The second kappa shape index (κ2) is 10.8. The van der Waals surface area contributed by atoms with E-state index < -0.39 is 11.8 Å². The summed E-state index contributed by atoms with van der Waals surface area (Å²) in [5.74, 6) is -0.909. The molecule has 2 aromatic rings. The second-order valence-corrected chi connectivity index (χ2v) is 7.34. The molecule has 2 aromatic carbocycles. The zero-order valence-corrected chi connectivity index (χ0v) is 17.7. The monoisotopic (exact) mass is 431 g/mol. The van der Waals surface area contributed by atoms with Crippen molar-refractivity contribution in [3.8, 4) is 5.75 Å². The zero-order valence-electron chi connectivity index (χ0n) is 16.9. The van der Waals surface area contributed by atoms with Crippen molar-refractivity contribution in [1.29, 1.82) is 0 Å². The zero-order chi connectivity index (χ0) is 21.3. The number of ether oxygens (including phenoxy) is 2. The van der Waals surface area contributed by atoms with Gasteiger partial charge in [-0.25, -0.2) is 0 Å². The third kappa shape index (κ3) is 6.11. The number of hydrogen-bond donors (Lipinski definition) is 2. The van der Waals surface area contributed by atoms with Gasteiger partial charge in [0.1, 0.15) is 5.75 Å². The number of amides is 2. The summed E-state index contributed by atoms with van der Waals surface area (Å²) in [6, 6.07) is 13.2. The van der Waals surface area contributed by atoms with Crippen molar-refractivity contribution in [3.05, 3.63) is 53.1 Å². The predicted octanol–water partition coefficient (Wildman–Crippen LogP) is 2.87. The van der Waals surface area contributed by atoms with E-state index in [1.165, 1.54) is 24.4 Å². The minimum atomic E-state index is -0.730. The van der Waals surface area contributed by atoms with E-state index in [9.17, 15) is 9.59 Å². The van der Waals surface area contributed by atoms with Gasteiger partial charge in [-0.2, -0.15) is 0 Å². The van der Waals surface area contributed by atoms with Crippen LogP contribution in [0.2, 0.25) is 5.02 Å². The van der Waals surface area contributed by atoms with Gasteiger partial charge in [0, 0.05) is 31.0 Å². The van der Waals surface area contributed by atoms with E-state index in [1.807, 2.05) is 0 Å². The molecule has 1 aliphatic rings. The minimum absolute atomic E-state index is 0.357. The number of methoxy groups -OCH3 is 1. The summed E-state index contributed by atoms with van der Waals surface area (Å²) < 4.78 is 10.4. The summed E-state index contributed by atoms with van der Waals surface area (Å²) in [6.07, 6.45) is 1.56. The van der Waals surface area contributed by atoms with Crippen LogP contribution >= 0.6 is 11.6 Å². The van der Waals surface area contributed by atoms with E-state index in [2.05, 4.69) is 39.8 Å². The molecule has 2 N–H and O–H groups in total. The molecule has 0 bridgehead atoms. The van der Waals surface area contributed by atoms with Crippen molar-refractivity contribution in [2.75, 3.05) is 50.2 Å². The molecule has 0 spiro atoms. The molecule has 0 saturated carbocycles. The number of morpholine rings is 1.